The Morgan fingerprint density at radius 1 is 0.938 bits per heavy atom. The van der Waals surface area contributed by atoms with E-state index in [1.165, 1.54) is 26.1 Å². The first-order valence-electron chi connectivity index (χ1n) is 6.89. The van der Waals surface area contributed by atoms with Gasteiger partial charge in [0.1, 0.15) is 0 Å². The maximum Gasteiger partial charge on any atom is 0.0433 e. The van der Waals surface area contributed by atoms with Gasteiger partial charge in [0.15, 0.2) is 0 Å². The Labute approximate surface area is 103 Å². The molecule has 0 bridgehead atoms. The maximum absolute atomic E-state index is 8.24. The van der Waals surface area contributed by atoms with Crippen molar-refractivity contribution in [1.82, 2.24) is 4.90 Å². The summed E-state index contributed by atoms with van der Waals surface area (Å²) in [5, 5.41) is 8.24. The summed E-state index contributed by atoms with van der Waals surface area (Å²) in [6.45, 7) is 17.1. The zero-order valence-electron chi connectivity index (χ0n) is 12.3. The predicted octanol–water partition coefficient (Wildman–Crippen LogP) is 3.40. The van der Waals surface area contributed by atoms with E-state index in [4.69, 9.17) is 5.11 Å². The van der Waals surface area contributed by atoms with Crippen LogP contribution in [-0.4, -0.2) is 36.2 Å². The molecule has 0 saturated carbocycles. The van der Waals surface area contributed by atoms with Crippen LogP contribution in [0.3, 0.4) is 0 Å². The fraction of sp³-hybridized carbons (Fsp3) is 1.00. The molecule has 0 aromatic heterocycles. The van der Waals surface area contributed by atoms with Crippen molar-refractivity contribution in [2.45, 2.75) is 54.4 Å². The van der Waals surface area contributed by atoms with E-state index in [0.717, 1.165) is 12.3 Å². The molecule has 0 aliphatic carbocycles. The quantitative estimate of drug-likeness (QED) is 0.733. The molecule has 0 spiro atoms. The van der Waals surface area contributed by atoms with Gasteiger partial charge in [0.2, 0.25) is 0 Å². The summed E-state index contributed by atoms with van der Waals surface area (Å²) < 4.78 is 0. The monoisotopic (exact) mass is 231 g/mol. The van der Waals surface area contributed by atoms with Crippen LogP contribution in [0, 0.1) is 11.8 Å². The summed E-state index contributed by atoms with van der Waals surface area (Å²) in [6.07, 6.45) is 2.31. The standard InChI is InChI=1S/C7H15N.C5H12O.C2H6/c1-7(2)3-4-8-5-6-8;1-5(2)3-4-6;1-2/h7H,3-6H2,1-2H3;5-6H,3-4H2,1-2H3;1-2H3. The van der Waals surface area contributed by atoms with E-state index in [-0.39, 0.29) is 0 Å². The topological polar surface area (TPSA) is 23.2 Å². The summed E-state index contributed by atoms with van der Waals surface area (Å²) in [6, 6.07) is 0. The molecule has 0 aromatic carbocycles. The summed E-state index contributed by atoms with van der Waals surface area (Å²) in [5.74, 6) is 1.53. The van der Waals surface area contributed by atoms with E-state index in [1.807, 2.05) is 13.8 Å². The molecule has 1 N–H and O–H groups in total. The molecule has 1 heterocycles. The Balaban J connectivity index is 0. The highest BCUT2D eigenvalue weighted by Crippen LogP contribution is 2.07. The first kappa shape index (κ1) is 18.3. The van der Waals surface area contributed by atoms with E-state index in [1.54, 1.807) is 0 Å². The molecule has 0 atom stereocenters. The van der Waals surface area contributed by atoms with Crippen LogP contribution < -0.4 is 0 Å². The van der Waals surface area contributed by atoms with Crippen molar-refractivity contribution in [3.63, 3.8) is 0 Å². The van der Waals surface area contributed by atoms with E-state index < -0.39 is 0 Å². The SMILES string of the molecule is CC.CC(C)CCN1CC1.CC(C)CCO. The largest absolute Gasteiger partial charge is 0.396 e. The van der Waals surface area contributed by atoms with Gasteiger partial charge in [-0.2, -0.15) is 0 Å². The zero-order valence-corrected chi connectivity index (χ0v) is 12.3. The van der Waals surface area contributed by atoms with Gasteiger partial charge < -0.3 is 10.0 Å². The zero-order chi connectivity index (χ0) is 13.0. The third kappa shape index (κ3) is 19.5. The van der Waals surface area contributed by atoms with Crippen molar-refractivity contribution >= 4 is 0 Å². The van der Waals surface area contributed by atoms with E-state index in [0.29, 0.717) is 12.5 Å². The first-order valence-corrected chi connectivity index (χ1v) is 6.89. The maximum atomic E-state index is 8.24. The molecular weight excluding hydrogens is 198 g/mol. The highest BCUT2D eigenvalue weighted by atomic mass is 16.2. The van der Waals surface area contributed by atoms with Gasteiger partial charge >= 0.3 is 0 Å². The van der Waals surface area contributed by atoms with Crippen molar-refractivity contribution in [1.29, 1.82) is 0 Å². The van der Waals surface area contributed by atoms with Crippen molar-refractivity contribution in [2.24, 2.45) is 11.8 Å². The van der Waals surface area contributed by atoms with Gasteiger partial charge in [-0.05, 0) is 31.2 Å². The Morgan fingerprint density at radius 3 is 1.56 bits per heavy atom. The van der Waals surface area contributed by atoms with Gasteiger partial charge in [0.05, 0.1) is 0 Å². The molecular formula is C14H33NO. The number of rotatable bonds is 5. The molecule has 1 fully saturated rings. The molecule has 0 radical (unpaired) electrons. The second kappa shape index (κ2) is 13.0. The van der Waals surface area contributed by atoms with E-state index in [9.17, 15) is 0 Å². The molecule has 0 amide bonds. The molecule has 1 aliphatic heterocycles. The molecule has 2 nitrogen and oxygen atoms in total. The molecule has 0 unspecified atom stereocenters. The van der Waals surface area contributed by atoms with Crippen LogP contribution in [0.2, 0.25) is 0 Å². The van der Waals surface area contributed by atoms with Crippen molar-refractivity contribution in [3.8, 4) is 0 Å². The van der Waals surface area contributed by atoms with E-state index in [2.05, 4.69) is 32.6 Å². The lowest BCUT2D eigenvalue weighted by Gasteiger charge is -2.02. The average molecular weight is 231 g/mol. The predicted molar refractivity (Wildman–Crippen MR) is 73.8 cm³/mol. The third-order valence-electron chi connectivity index (χ3n) is 2.27. The van der Waals surface area contributed by atoms with Crippen LogP contribution in [0.5, 0.6) is 0 Å². The lowest BCUT2D eigenvalue weighted by molar-refractivity contribution is 0.268. The highest BCUT2D eigenvalue weighted by Gasteiger charge is 2.15. The third-order valence-corrected chi connectivity index (χ3v) is 2.27. The minimum atomic E-state index is 0.331. The smallest absolute Gasteiger partial charge is 0.0433 e. The normalized spacial score (nSPS) is 14.1. The summed E-state index contributed by atoms with van der Waals surface area (Å²) in [4.78, 5) is 2.47. The molecule has 1 saturated heterocycles. The van der Waals surface area contributed by atoms with E-state index >= 15 is 0 Å². The molecule has 16 heavy (non-hydrogen) atoms. The Kier molecular flexibility index (Phi) is 14.8. The van der Waals surface area contributed by atoms with Crippen LogP contribution >= 0.6 is 0 Å². The molecule has 100 valence electrons. The lowest BCUT2D eigenvalue weighted by atomic mass is 10.1. The van der Waals surface area contributed by atoms with Crippen LogP contribution in [-0.2, 0) is 0 Å². The van der Waals surface area contributed by atoms with Gasteiger partial charge in [-0.15, -0.1) is 0 Å². The molecule has 1 rings (SSSR count). The molecule has 1 aliphatic rings. The van der Waals surface area contributed by atoms with Gasteiger partial charge in [0.25, 0.3) is 0 Å². The fourth-order valence-corrected chi connectivity index (χ4v) is 0.993. The van der Waals surface area contributed by atoms with Gasteiger partial charge in [-0.25, -0.2) is 0 Å². The number of hydrogen-bond donors (Lipinski definition) is 1. The van der Waals surface area contributed by atoms with Crippen LogP contribution in [0.4, 0.5) is 0 Å². The van der Waals surface area contributed by atoms with Crippen molar-refractivity contribution in [2.75, 3.05) is 26.2 Å². The van der Waals surface area contributed by atoms with Gasteiger partial charge in [-0.1, -0.05) is 41.5 Å². The van der Waals surface area contributed by atoms with Crippen LogP contribution in [0.25, 0.3) is 0 Å². The highest BCUT2D eigenvalue weighted by molar-refractivity contribution is 4.71. The number of aliphatic hydroxyl groups excluding tert-OH is 1. The minimum Gasteiger partial charge on any atom is -0.396 e. The average Bonchev–Trinajstić information content (AvgIpc) is 3.02. The fourth-order valence-electron chi connectivity index (χ4n) is 0.993. The van der Waals surface area contributed by atoms with Gasteiger partial charge in [-0.3, -0.25) is 0 Å². The Bertz CT molecular complexity index is 118. The first-order chi connectivity index (χ1) is 7.56. The minimum absolute atomic E-state index is 0.331. The van der Waals surface area contributed by atoms with Crippen LogP contribution in [0.15, 0.2) is 0 Å². The number of nitrogens with zero attached hydrogens (tertiary/aromatic N) is 1. The molecule has 0 aromatic rings. The number of hydrogen-bond acceptors (Lipinski definition) is 2. The van der Waals surface area contributed by atoms with Crippen molar-refractivity contribution in [3.05, 3.63) is 0 Å². The van der Waals surface area contributed by atoms with Gasteiger partial charge in [0, 0.05) is 19.7 Å². The van der Waals surface area contributed by atoms with Crippen LogP contribution in [0.1, 0.15) is 54.4 Å². The Hall–Kier alpha value is -0.0800. The second-order valence-corrected chi connectivity index (χ2v) is 4.93. The summed E-state index contributed by atoms with van der Waals surface area (Å²) >= 11 is 0. The summed E-state index contributed by atoms with van der Waals surface area (Å²) in [7, 11) is 0. The second-order valence-electron chi connectivity index (χ2n) is 4.93. The Morgan fingerprint density at radius 2 is 1.38 bits per heavy atom. The summed E-state index contributed by atoms with van der Waals surface area (Å²) in [5.41, 5.74) is 0. The molecule has 2 heteroatoms. The number of aliphatic hydroxyl groups is 1. The lowest BCUT2D eigenvalue weighted by Crippen LogP contribution is -2.02. The van der Waals surface area contributed by atoms with Crippen molar-refractivity contribution < 1.29 is 5.11 Å².